The molecular formula is C15H14ClNO4S. The average molecular weight is 340 g/mol. The lowest BCUT2D eigenvalue weighted by atomic mass is 10.1. The zero-order valence-corrected chi connectivity index (χ0v) is 13.4. The van der Waals surface area contributed by atoms with E-state index < -0.39 is 10.0 Å². The Morgan fingerprint density at radius 1 is 1.23 bits per heavy atom. The summed E-state index contributed by atoms with van der Waals surface area (Å²) in [7, 11) is -2.24. The molecule has 1 N–H and O–H groups in total. The molecule has 0 aromatic heterocycles. The van der Waals surface area contributed by atoms with Crippen molar-refractivity contribution >= 4 is 27.3 Å². The zero-order chi connectivity index (χ0) is 15.7. The van der Waals surface area contributed by atoms with E-state index in [0.717, 1.165) is 17.7 Å². The molecule has 0 saturated heterocycles. The minimum absolute atomic E-state index is 0.0787. The number of nitrogens with one attached hydrogen (secondary N) is 1. The molecule has 0 amide bonds. The monoisotopic (exact) mass is 339 g/mol. The fourth-order valence-electron chi connectivity index (χ4n) is 2.28. The summed E-state index contributed by atoms with van der Waals surface area (Å²) in [5.41, 5.74) is 1.49. The summed E-state index contributed by atoms with van der Waals surface area (Å²) in [6.07, 6.45) is 0.777. The van der Waals surface area contributed by atoms with Gasteiger partial charge in [-0.1, -0.05) is 11.6 Å². The molecule has 0 radical (unpaired) electrons. The number of methoxy groups -OCH3 is 1. The Labute approximate surface area is 133 Å². The first-order valence-corrected chi connectivity index (χ1v) is 8.48. The number of halogens is 1. The molecule has 2 aromatic carbocycles. The summed E-state index contributed by atoms with van der Waals surface area (Å²) in [6.45, 7) is 0.625. The molecule has 2 aromatic rings. The Hall–Kier alpha value is -1.92. The van der Waals surface area contributed by atoms with E-state index in [1.807, 2.05) is 0 Å². The lowest BCUT2D eigenvalue weighted by Crippen LogP contribution is -2.13. The number of hydrogen-bond donors (Lipinski definition) is 1. The summed E-state index contributed by atoms with van der Waals surface area (Å²) in [5, 5.41) is 0.243. The molecule has 7 heteroatoms. The largest absolute Gasteiger partial charge is 0.495 e. The molecular weight excluding hydrogens is 326 g/mol. The average Bonchev–Trinajstić information content (AvgIpc) is 2.94. The topological polar surface area (TPSA) is 64.6 Å². The fourth-order valence-corrected chi connectivity index (χ4v) is 3.68. The highest BCUT2D eigenvalue weighted by Gasteiger charge is 2.18. The molecule has 116 valence electrons. The first-order valence-electron chi connectivity index (χ1n) is 6.62. The van der Waals surface area contributed by atoms with Crippen LogP contribution in [0.1, 0.15) is 5.56 Å². The van der Waals surface area contributed by atoms with Crippen LogP contribution < -0.4 is 14.2 Å². The molecule has 0 saturated carbocycles. The van der Waals surface area contributed by atoms with Crippen LogP contribution in [-0.4, -0.2) is 22.1 Å². The van der Waals surface area contributed by atoms with Crippen molar-refractivity contribution in [2.45, 2.75) is 11.3 Å². The van der Waals surface area contributed by atoms with Gasteiger partial charge in [-0.15, -0.1) is 0 Å². The molecule has 1 heterocycles. The van der Waals surface area contributed by atoms with Crippen LogP contribution in [0.2, 0.25) is 5.02 Å². The van der Waals surface area contributed by atoms with Gasteiger partial charge in [-0.3, -0.25) is 4.72 Å². The van der Waals surface area contributed by atoms with Gasteiger partial charge in [0.05, 0.1) is 23.6 Å². The van der Waals surface area contributed by atoms with Crippen molar-refractivity contribution in [2.75, 3.05) is 18.4 Å². The van der Waals surface area contributed by atoms with Crippen molar-refractivity contribution in [3.05, 3.63) is 47.0 Å². The maximum Gasteiger partial charge on any atom is 0.261 e. The SMILES string of the molecule is COc1ccc(S(=O)(=O)Nc2ccc3c(c2)CCO3)cc1Cl. The van der Waals surface area contributed by atoms with Crippen LogP contribution in [0.3, 0.4) is 0 Å². The minimum atomic E-state index is -3.71. The quantitative estimate of drug-likeness (QED) is 0.929. The molecule has 5 nitrogen and oxygen atoms in total. The van der Waals surface area contributed by atoms with Crippen molar-refractivity contribution in [1.29, 1.82) is 0 Å². The highest BCUT2D eigenvalue weighted by atomic mass is 35.5. The molecule has 3 rings (SSSR count). The number of ether oxygens (including phenoxy) is 2. The van der Waals surface area contributed by atoms with Crippen molar-refractivity contribution in [3.63, 3.8) is 0 Å². The van der Waals surface area contributed by atoms with Crippen LogP contribution in [-0.2, 0) is 16.4 Å². The third-order valence-corrected chi connectivity index (χ3v) is 5.05. The number of fused-ring (bicyclic) bond motifs is 1. The summed E-state index contributed by atoms with van der Waals surface area (Å²) >= 11 is 5.98. The third-order valence-electron chi connectivity index (χ3n) is 3.38. The molecule has 0 aliphatic carbocycles. The van der Waals surface area contributed by atoms with Crippen LogP contribution in [0.5, 0.6) is 11.5 Å². The van der Waals surface area contributed by atoms with Crippen molar-refractivity contribution in [1.82, 2.24) is 0 Å². The van der Waals surface area contributed by atoms with Crippen LogP contribution in [0.25, 0.3) is 0 Å². The lowest BCUT2D eigenvalue weighted by molar-refractivity contribution is 0.357. The van der Waals surface area contributed by atoms with Crippen LogP contribution >= 0.6 is 11.6 Å². The van der Waals surface area contributed by atoms with Gasteiger partial charge in [0.2, 0.25) is 0 Å². The van der Waals surface area contributed by atoms with Crippen molar-refractivity contribution in [2.24, 2.45) is 0 Å². The van der Waals surface area contributed by atoms with Crippen molar-refractivity contribution in [3.8, 4) is 11.5 Å². The van der Waals surface area contributed by atoms with E-state index >= 15 is 0 Å². The predicted octanol–water partition coefficient (Wildman–Crippen LogP) is 3.08. The summed E-state index contributed by atoms with van der Waals surface area (Å²) in [4.78, 5) is 0.0787. The summed E-state index contributed by atoms with van der Waals surface area (Å²) in [5.74, 6) is 1.23. The maximum atomic E-state index is 12.4. The molecule has 1 aliphatic heterocycles. The highest BCUT2D eigenvalue weighted by molar-refractivity contribution is 7.92. The molecule has 1 aliphatic rings. The normalized spacial score (nSPS) is 13.4. The Bertz CT molecular complexity index is 820. The first-order chi connectivity index (χ1) is 10.5. The van der Waals surface area contributed by atoms with Gasteiger partial charge in [-0.25, -0.2) is 8.42 Å². The van der Waals surface area contributed by atoms with Gasteiger partial charge >= 0.3 is 0 Å². The van der Waals surface area contributed by atoms with Gasteiger partial charge < -0.3 is 9.47 Å². The number of hydrogen-bond acceptors (Lipinski definition) is 4. The summed E-state index contributed by atoms with van der Waals surface area (Å²) < 4.78 is 37.8. The summed E-state index contributed by atoms with van der Waals surface area (Å²) in [6, 6.07) is 9.55. The van der Waals surface area contributed by atoms with E-state index in [1.54, 1.807) is 18.2 Å². The van der Waals surface area contributed by atoms with Gasteiger partial charge in [-0.05, 0) is 42.0 Å². The highest BCUT2D eigenvalue weighted by Crippen LogP contribution is 2.30. The van der Waals surface area contributed by atoms with Gasteiger partial charge in [0.25, 0.3) is 10.0 Å². The van der Waals surface area contributed by atoms with Crippen LogP contribution in [0.15, 0.2) is 41.3 Å². The van der Waals surface area contributed by atoms with E-state index in [4.69, 9.17) is 21.1 Å². The molecule has 0 atom stereocenters. The second-order valence-electron chi connectivity index (χ2n) is 4.82. The first kappa shape index (κ1) is 15.0. The Morgan fingerprint density at radius 2 is 2.05 bits per heavy atom. The minimum Gasteiger partial charge on any atom is -0.495 e. The van der Waals surface area contributed by atoms with Crippen LogP contribution in [0, 0.1) is 0 Å². The molecule has 22 heavy (non-hydrogen) atoms. The van der Waals surface area contributed by atoms with E-state index in [9.17, 15) is 8.42 Å². The van der Waals surface area contributed by atoms with E-state index in [-0.39, 0.29) is 9.92 Å². The van der Waals surface area contributed by atoms with Crippen LogP contribution in [0.4, 0.5) is 5.69 Å². The van der Waals surface area contributed by atoms with Gasteiger partial charge in [0.1, 0.15) is 11.5 Å². The smallest absolute Gasteiger partial charge is 0.261 e. The van der Waals surface area contributed by atoms with E-state index in [1.165, 1.54) is 25.3 Å². The van der Waals surface area contributed by atoms with E-state index in [2.05, 4.69) is 4.72 Å². The van der Waals surface area contributed by atoms with Gasteiger partial charge in [-0.2, -0.15) is 0 Å². The molecule has 0 spiro atoms. The second-order valence-corrected chi connectivity index (χ2v) is 6.91. The number of sulfonamides is 1. The third kappa shape index (κ3) is 2.84. The number of rotatable bonds is 4. The fraction of sp³-hybridized carbons (Fsp3) is 0.200. The maximum absolute atomic E-state index is 12.4. The number of anilines is 1. The molecule has 0 bridgehead atoms. The lowest BCUT2D eigenvalue weighted by Gasteiger charge is -2.10. The predicted molar refractivity (Wildman–Crippen MR) is 84.5 cm³/mol. The molecule has 0 unspecified atom stereocenters. The number of benzene rings is 2. The Morgan fingerprint density at radius 3 is 2.77 bits per heavy atom. The standard InChI is InChI=1S/C15H14ClNO4S/c1-20-15-5-3-12(9-13(15)16)22(18,19)17-11-2-4-14-10(8-11)6-7-21-14/h2-5,8-9,17H,6-7H2,1H3. The van der Waals surface area contributed by atoms with Gasteiger partial charge in [0.15, 0.2) is 0 Å². The second kappa shape index (κ2) is 5.70. The Kier molecular flexibility index (Phi) is 3.88. The zero-order valence-electron chi connectivity index (χ0n) is 11.8. The Balaban J connectivity index is 1.89. The molecule has 0 fully saturated rings. The van der Waals surface area contributed by atoms with Crippen molar-refractivity contribution < 1.29 is 17.9 Å². The van der Waals surface area contributed by atoms with Gasteiger partial charge in [0, 0.05) is 12.1 Å². The van der Waals surface area contributed by atoms with E-state index in [0.29, 0.717) is 18.0 Å².